The highest BCUT2D eigenvalue weighted by molar-refractivity contribution is 6.02. The first-order chi connectivity index (χ1) is 10.8. The minimum atomic E-state index is -1.23. The van der Waals surface area contributed by atoms with Crippen LogP contribution in [0.15, 0.2) is 18.2 Å². The number of amides is 3. The third-order valence-electron chi connectivity index (χ3n) is 2.68. The Bertz CT molecular complexity index is 629. The van der Waals surface area contributed by atoms with Crippen LogP contribution in [0, 0.1) is 0 Å². The predicted octanol–water partition coefficient (Wildman–Crippen LogP) is -0.416. The van der Waals surface area contributed by atoms with Gasteiger partial charge in [-0.05, 0) is 18.2 Å². The molecule has 0 spiro atoms. The van der Waals surface area contributed by atoms with E-state index in [4.69, 9.17) is 9.84 Å². The summed E-state index contributed by atoms with van der Waals surface area (Å²) >= 11 is 0. The molecule has 0 atom stereocenters. The molecule has 0 saturated carbocycles. The Hall–Kier alpha value is -3.10. The summed E-state index contributed by atoms with van der Waals surface area (Å²) in [5.41, 5.74) is -0.0540. The highest BCUT2D eigenvalue weighted by Crippen LogP contribution is 2.22. The van der Waals surface area contributed by atoms with Gasteiger partial charge in [0.05, 0.1) is 31.5 Å². The number of hydrogen-bond acceptors (Lipinski definition) is 5. The Morgan fingerprint density at radius 3 is 2.30 bits per heavy atom. The van der Waals surface area contributed by atoms with Gasteiger partial charge < -0.3 is 25.8 Å². The highest BCUT2D eigenvalue weighted by atomic mass is 16.5. The van der Waals surface area contributed by atoms with Crippen LogP contribution in [0.4, 0.5) is 5.69 Å². The molecular weight excluding hydrogens is 306 g/mol. The molecule has 0 aliphatic heterocycles. The fourth-order valence-electron chi connectivity index (χ4n) is 1.58. The number of aromatic carboxylic acids is 1. The van der Waals surface area contributed by atoms with Gasteiger partial charge >= 0.3 is 5.97 Å². The van der Waals surface area contributed by atoms with Crippen molar-refractivity contribution in [1.29, 1.82) is 0 Å². The molecule has 0 bridgehead atoms. The molecule has 0 aliphatic rings. The number of rotatable bonds is 7. The van der Waals surface area contributed by atoms with Gasteiger partial charge in [0.25, 0.3) is 0 Å². The van der Waals surface area contributed by atoms with E-state index < -0.39 is 17.8 Å². The third kappa shape index (κ3) is 6.04. The Labute approximate surface area is 132 Å². The van der Waals surface area contributed by atoms with Gasteiger partial charge in [0.2, 0.25) is 17.7 Å². The number of methoxy groups -OCH3 is 1. The molecule has 23 heavy (non-hydrogen) atoms. The summed E-state index contributed by atoms with van der Waals surface area (Å²) in [6.07, 6.45) is 0. The molecule has 0 radical (unpaired) electrons. The predicted molar refractivity (Wildman–Crippen MR) is 80.3 cm³/mol. The van der Waals surface area contributed by atoms with Crippen molar-refractivity contribution in [3.05, 3.63) is 23.8 Å². The Morgan fingerprint density at radius 2 is 1.74 bits per heavy atom. The molecule has 0 saturated heterocycles. The lowest BCUT2D eigenvalue weighted by Gasteiger charge is -2.10. The first-order valence-electron chi connectivity index (χ1n) is 6.55. The summed E-state index contributed by atoms with van der Waals surface area (Å²) in [5, 5.41) is 16.1. The minimum Gasteiger partial charge on any atom is -0.497 e. The molecule has 4 N–H and O–H groups in total. The van der Waals surface area contributed by atoms with Crippen LogP contribution in [0.25, 0.3) is 0 Å². The number of carbonyl (C=O) groups excluding carboxylic acids is 3. The molecule has 3 amide bonds. The van der Waals surface area contributed by atoms with E-state index in [0.717, 1.165) is 0 Å². The van der Waals surface area contributed by atoms with Crippen LogP contribution >= 0.6 is 0 Å². The third-order valence-corrected chi connectivity index (χ3v) is 2.68. The first-order valence-corrected chi connectivity index (χ1v) is 6.55. The zero-order valence-electron chi connectivity index (χ0n) is 12.6. The highest BCUT2D eigenvalue weighted by Gasteiger charge is 2.14. The molecule has 1 rings (SSSR count). The summed E-state index contributed by atoms with van der Waals surface area (Å²) in [5.74, 6) is -2.40. The van der Waals surface area contributed by atoms with Crippen molar-refractivity contribution in [2.45, 2.75) is 6.92 Å². The van der Waals surface area contributed by atoms with Gasteiger partial charge in [-0.15, -0.1) is 0 Å². The number of ether oxygens (including phenoxy) is 1. The van der Waals surface area contributed by atoms with Gasteiger partial charge in [-0.2, -0.15) is 0 Å². The second kappa shape index (κ2) is 8.37. The standard InChI is InChI=1S/C14H17N3O6/c1-8(18)15-6-12(19)16-7-13(20)17-11-4-3-9(23-2)5-10(11)14(21)22/h3-5H,6-7H2,1-2H3,(H,15,18)(H,16,19)(H,17,20)(H,21,22). The van der Waals surface area contributed by atoms with Gasteiger partial charge in [0.1, 0.15) is 5.75 Å². The first kappa shape index (κ1) is 18.0. The average molecular weight is 323 g/mol. The monoisotopic (exact) mass is 323 g/mol. The molecule has 9 nitrogen and oxygen atoms in total. The fourth-order valence-corrected chi connectivity index (χ4v) is 1.58. The number of carbonyl (C=O) groups is 4. The van der Waals surface area contributed by atoms with Crippen LogP contribution in [0.3, 0.4) is 0 Å². The normalized spacial score (nSPS) is 9.65. The molecule has 0 fully saturated rings. The molecule has 0 heterocycles. The summed E-state index contributed by atoms with van der Waals surface area (Å²) in [4.78, 5) is 44.9. The lowest BCUT2D eigenvalue weighted by atomic mass is 10.1. The number of benzene rings is 1. The number of anilines is 1. The molecule has 0 unspecified atom stereocenters. The number of carboxylic acids is 1. The molecule has 9 heteroatoms. The Balaban J connectivity index is 2.62. The van der Waals surface area contributed by atoms with Crippen molar-refractivity contribution < 1.29 is 29.0 Å². The lowest BCUT2D eigenvalue weighted by molar-refractivity contribution is -0.126. The van der Waals surface area contributed by atoms with E-state index >= 15 is 0 Å². The van der Waals surface area contributed by atoms with Crippen molar-refractivity contribution in [2.75, 3.05) is 25.5 Å². The smallest absolute Gasteiger partial charge is 0.337 e. The van der Waals surface area contributed by atoms with E-state index in [0.29, 0.717) is 5.75 Å². The molecule has 124 valence electrons. The van der Waals surface area contributed by atoms with E-state index in [1.54, 1.807) is 0 Å². The van der Waals surface area contributed by atoms with Crippen molar-refractivity contribution in [1.82, 2.24) is 10.6 Å². The zero-order valence-corrected chi connectivity index (χ0v) is 12.6. The second-order valence-corrected chi connectivity index (χ2v) is 4.45. The van der Waals surface area contributed by atoms with Gasteiger partial charge in [-0.3, -0.25) is 14.4 Å². The SMILES string of the molecule is COc1ccc(NC(=O)CNC(=O)CNC(C)=O)c(C(=O)O)c1. The molecular formula is C14H17N3O6. The largest absolute Gasteiger partial charge is 0.497 e. The van der Waals surface area contributed by atoms with Crippen LogP contribution in [0.1, 0.15) is 17.3 Å². The van der Waals surface area contributed by atoms with Crippen LogP contribution in [-0.2, 0) is 14.4 Å². The molecule has 1 aromatic carbocycles. The number of nitrogens with one attached hydrogen (secondary N) is 3. The van der Waals surface area contributed by atoms with Gasteiger partial charge in [0.15, 0.2) is 0 Å². The quantitative estimate of drug-likeness (QED) is 0.539. The van der Waals surface area contributed by atoms with Crippen molar-refractivity contribution in [3.63, 3.8) is 0 Å². The van der Waals surface area contributed by atoms with Crippen molar-refractivity contribution in [2.24, 2.45) is 0 Å². The average Bonchev–Trinajstić information content (AvgIpc) is 2.51. The number of hydrogen-bond donors (Lipinski definition) is 4. The van der Waals surface area contributed by atoms with E-state index in [1.165, 1.54) is 32.2 Å². The van der Waals surface area contributed by atoms with Gasteiger partial charge in [-0.1, -0.05) is 0 Å². The van der Waals surface area contributed by atoms with Crippen LogP contribution in [0.2, 0.25) is 0 Å². The molecule has 0 aliphatic carbocycles. The minimum absolute atomic E-state index is 0.0828. The van der Waals surface area contributed by atoms with Crippen molar-refractivity contribution in [3.8, 4) is 5.75 Å². The second-order valence-electron chi connectivity index (χ2n) is 4.45. The van der Waals surface area contributed by atoms with Gasteiger partial charge in [-0.25, -0.2) is 4.79 Å². The summed E-state index contributed by atoms with van der Waals surface area (Å²) in [6, 6.07) is 4.16. The molecule has 0 aromatic heterocycles. The van der Waals surface area contributed by atoms with Gasteiger partial charge in [0, 0.05) is 6.92 Å². The maximum atomic E-state index is 11.7. The summed E-state index contributed by atoms with van der Waals surface area (Å²) in [6.45, 7) is 0.659. The van der Waals surface area contributed by atoms with E-state index in [9.17, 15) is 19.2 Å². The van der Waals surface area contributed by atoms with Crippen LogP contribution in [-0.4, -0.2) is 49.0 Å². The zero-order chi connectivity index (χ0) is 17.4. The summed E-state index contributed by atoms with van der Waals surface area (Å²) in [7, 11) is 1.39. The summed E-state index contributed by atoms with van der Waals surface area (Å²) < 4.78 is 4.92. The van der Waals surface area contributed by atoms with E-state index in [2.05, 4.69) is 16.0 Å². The molecule has 1 aromatic rings. The van der Waals surface area contributed by atoms with E-state index in [1.807, 2.05) is 0 Å². The van der Waals surface area contributed by atoms with Crippen LogP contribution < -0.4 is 20.7 Å². The van der Waals surface area contributed by atoms with Crippen molar-refractivity contribution >= 4 is 29.4 Å². The maximum Gasteiger partial charge on any atom is 0.337 e. The Kier molecular flexibility index (Phi) is 6.53. The van der Waals surface area contributed by atoms with E-state index in [-0.39, 0.29) is 30.2 Å². The topological polar surface area (TPSA) is 134 Å². The maximum absolute atomic E-state index is 11.7. The number of carboxylic acid groups (broad SMARTS) is 1. The Morgan fingerprint density at radius 1 is 1.09 bits per heavy atom. The fraction of sp³-hybridized carbons (Fsp3) is 0.286. The lowest BCUT2D eigenvalue weighted by Crippen LogP contribution is -2.39. The van der Waals surface area contributed by atoms with Crippen LogP contribution in [0.5, 0.6) is 5.75 Å².